The Bertz CT molecular complexity index is 1000. The molecule has 0 fully saturated rings. The number of methoxy groups -OCH3 is 1. The van der Waals surface area contributed by atoms with Gasteiger partial charge < -0.3 is 14.8 Å². The van der Waals surface area contributed by atoms with E-state index in [4.69, 9.17) is 4.74 Å². The van der Waals surface area contributed by atoms with Crippen LogP contribution < -0.4 is 14.8 Å². The molecule has 0 radical (unpaired) electrons. The maximum absolute atomic E-state index is 13.0. The molecule has 2 aromatic carbocycles. The van der Waals surface area contributed by atoms with Gasteiger partial charge in [-0.05, 0) is 54.8 Å². The van der Waals surface area contributed by atoms with Crippen molar-refractivity contribution in [3.8, 4) is 11.5 Å². The zero-order chi connectivity index (χ0) is 23.7. The highest BCUT2D eigenvalue weighted by molar-refractivity contribution is 7.89. The monoisotopic (exact) mass is 474 g/mol. The highest BCUT2D eigenvalue weighted by Gasteiger charge is 2.20. The van der Waals surface area contributed by atoms with Gasteiger partial charge in [-0.2, -0.15) is 8.78 Å². The largest absolute Gasteiger partial charge is 0.493 e. The van der Waals surface area contributed by atoms with Crippen LogP contribution in [0.1, 0.15) is 18.4 Å². The summed E-state index contributed by atoms with van der Waals surface area (Å²) in [5, 5.41) is 2.70. The zero-order valence-corrected chi connectivity index (χ0v) is 18.5. The lowest BCUT2D eigenvalue weighted by atomic mass is 10.1. The number of carbonyl (C=O) groups is 1. The molecular formula is C21H25F3N2O5S. The number of nitrogens with one attached hydrogen (secondary N) is 1. The van der Waals surface area contributed by atoms with Gasteiger partial charge in [0, 0.05) is 26.6 Å². The van der Waals surface area contributed by atoms with E-state index in [1.54, 1.807) is 6.07 Å². The van der Waals surface area contributed by atoms with Crippen molar-refractivity contribution in [2.24, 2.45) is 0 Å². The van der Waals surface area contributed by atoms with E-state index in [1.165, 1.54) is 38.4 Å². The van der Waals surface area contributed by atoms with Gasteiger partial charge in [-0.3, -0.25) is 4.79 Å². The molecule has 0 saturated carbocycles. The van der Waals surface area contributed by atoms with Crippen molar-refractivity contribution < 1.29 is 35.9 Å². The van der Waals surface area contributed by atoms with E-state index in [1.807, 2.05) is 0 Å². The van der Waals surface area contributed by atoms with Crippen LogP contribution >= 0.6 is 0 Å². The Hall–Kier alpha value is -2.79. The summed E-state index contributed by atoms with van der Waals surface area (Å²) in [6.07, 6.45) is 0.775. The van der Waals surface area contributed by atoms with Gasteiger partial charge >= 0.3 is 6.61 Å². The topological polar surface area (TPSA) is 84.9 Å². The Morgan fingerprint density at radius 2 is 1.81 bits per heavy atom. The summed E-state index contributed by atoms with van der Waals surface area (Å²) in [6.45, 7) is -2.60. The molecule has 7 nitrogen and oxygen atoms in total. The molecule has 0 aromatic heterocycles. The number of carbonyl (C=O) groups excluding carboxylic acids is 1. The van der Waals surface area contributed by atoms with Crippen LogP contribution in [0.5, 0.6) is 11.5 Å². The molecular weight excluding hydrogens is 449 g/mol. The molecule has 1 amide bonds. The Kier molecular flexibility index (Phi) is 9.33. The molecule has 0 bridgehead atoms. The van der Waals surface area contributed by atoms with Gasteiger partial charge in [-0.25, -0.2) is 17.1 Å². The molecule has 2 rings (SSSR count). The van der Waals surface area contributed by atoms with Crippen LogP contribution in [0.25, 0.3) is 0 Å². The van der Waals surface area contributed by atoms with Gasteiger partial charge in [-0.1, -0.05) is 6.07 Å². The number of hydrogen-bond donors (Lipinski definition) is 1. The normalized spacial score (nSPS) is 11.6. The second-order valence-corrected chi connectivity index (χ2v) is 8.89. The van der Waals surface area contributed by atoms with E-state index in [0.29, 0.717) is 12.0 Å². The van der Waals surface area contributed by atoms with Crippen molar-refractivity contribution in [3.05, 3.63) is 53.8 Å². The fourth-order valence-corrected chi connectivity index (χ4v) is 4.08. The molecule has 0 heterocycles. The summed E-state index contributed by atoms with van der Waals surface area (Å²) in [4.78, 5) is 12.0. The number of sulfonamides is 1. The van der Waals surface area contributed by atoms with Crippen molar-refractivity contribution in [1.29, 1.82) is 0 Å². The van der Waals surface area contributed by atoms with E-state index < -0.39 is 22.5 Å². The fourth-order valence-electron chi connectivity index (χ4n) is 2.87. The Labute approximate surface area is 185 Å². The molecule has 32 heavy (non-hydrogen) atoms. The molecule has 0 aliphatic heterocycles. The van der Waals surface area contributed by atoms with Crippen LogP contribution in [0, 0.1) is 5.82 Å². The van der Waals surface area contributed by atoms with Crippen LogP contribution in [0.4, 0.5) is 13.2 Å². The number of benzene rings is 2. The van der Waals surface area contributed by atoms with Gasteiger partial charge in [0.25, 0.3) is 0 Å². The third-order valence-corrected chi connectivity index (χ3v) is 6.45. The van der Waals surface area contributed by atoms with Crippen molar-refractivity contribution in [1.82, 2.24) is 9.62 Å². The second-order valence-electron chi connectivity index (χ2n) is 6.85. The van der Waals surface area contributed by atoms with E-state index in [-0.39, 0.29) is 48.2 Å². The van der Waals surface area contributed by atoms with Crippen LogP contribution in [0.3, 0.4) is 0 Å². The molecule has 176 valence electrons. The number of ether oxygens (including phenoxy) is 2. The number of alkyl halides is 2. The summed E-state index contributed by atoms with van der Waals surface area (Å²) >= 11 is 0. The first kappa shape index (κ1) is 25.5. The van der Waals surface area contributed by atoms with Crippen LogP contribution in [-0.4, -0.2) is 52.5 Å². The SMILES string of the molecule is COc1ccc(CCNC(=O)CCCN(C)S(=O)(=O)c2ccc(F)cc2)cc1OC(F)F. The van der Waals surface area contributed by atoms with Gasteiger partial charge in [0.1, 0.15) is 5.82 Å². The minimum Gasteiger partial charge on any atom is -0.493 e. The lowest BCUT2D eigenvalue weighted by molar-refractivity contribution is -0.121. The molecule has 0 aliphatic carbocycles. The smallest absolute Gasteiger partial charge is 0.387 e. The summed E-state index contributed by atoms with van der Waals surface area (Å²) < 4.78 is 73.3. The lowest BCUT2D eigenvalue weighted by Crippen LogP contribution is -2.30. The number of nitrogens with zero attached hydrogens (tertiary/aromatic N) is 1. The average Bonchev–Trinajstić information content (AvgIpc) is 2.73. The Balaban J connectivity index is 1.77. The second kappa shape index (κ2) is 11.7. The molecule has 0 unspecified atom stereocenters. The van der Waals surface area contributed by atoms with Crippen LogP contribution in [0.15, 0.2) is 47.4 Å². The van der Waals surface area contributed by atoms with E-state index in [9.17, 15) is 26.4 Å². The standard InChI is InChI=1S/C21H25F3N2O5S/c1-26(32(28,29)17-8-6-16(22)7-9-17)13-3-4-20(27)25-12-11-15-5-10-18(30-2)19(14-15)31-21(23)24/h5-10,14,21H,3-4,11-13H2,1-2H3,(H,25,27). The third kappa shape index (κ3) is 7.41. The molecule has 2 aromatic rings. The number of amides is 1. The molecule has 0 atom stereocenters. The number of halogens is 3. The maximum atomic E-state index is 13.0. The predicted octanol–water partition coefficient (Wildman–Crippen LogP) is 3.20. The van der Waals surface area contributed by atoms with Crippen LogP contribution in [0.2, 0.25) is 0 Å². The summed E-state index contributed by atoms with van der Waals surface area (Å²) in [6, 6.07) is 9.12. The predicted molar refractivity (Wildman–Crippen MR) is 112 cm³/mol. The number of rotatable bonds is 12. The lowest BCUT2D eigenvalue weighted by Gasteiger charge is -2.17. The van der Waals surface area contributed by atoms with Gasteiger partial charge in [0.05, 0.1) is 12.0 Å². The quantitative estimate of drug-likeness (QED) is 0.511. The maximum Gasteiger partial charge on any atom is 0.387 e. The summed E-state index contributed by atoms with van der Waals surface area (Å²) in [7, 11) is -1.03. The molecule has 0 saturated heterocycles. The van der Waals surface area contributed by atoms with Crippen LogP contribution in [-0.2, 0) is 21.2 Å². The first-order valence-electron chi connectivity index (χ1n) is 9.74. The summed E-state index contributed by atoms with van der Waals surface area (Å²) in [5.41, 5.74) is 0.673. The molecule has 1 N–H and O–H groups in total. The van der Waals surface area contributed by atoms with Crippen molar-refractivity contribution in [3.63, 3.8) is 0 Å². The summed E-state index contributed by atoms with van der Waals surface area (Å²) in [5.74, 6) is -0.708. The molecule has 11 heteroatoms. The van der Waals surface area contributed by atoms with Gasteiger partial charge in [0.2, 0.25) is 15.9 Å². The fraction of sp³-hybridized carbons (Fsp3) is 0.381. The van der Waals surface area contributed by atoms with E-state index >= 15 is 0 Å². The van der Waals surface area contributed by atoms with Crippen molar-refractivity contribution >= 4 is 15.9 Å². The van der Waals surface area contributed by atoms with Gasteiger partial charge in [-0.15, -0.1) is 0 Å². The third-order valence-electron chi connectivity index (χ3n) is 4.58. The van der Waals surface area contributed by atoms with Crippen molar-refractivity contribution in [2.75, 3.05) is 27.2 Å². The highest BCUT2D eigenvalue weighted by atomic mass is 32.2. The zero-order valence-electron chi connectivity index (χ0n) is 17.7. The average molecular weight is 475 g/mol. The van der Waals surface area contributed by atoms with E-state index in [0.717, 1.165) is 16.4 Å². The molecule has 0 spiro atoms. The Morgan fingerprint density at radius 1 is 1.12 bits per heavy atom. The first-order chi connectivity index (χ1) is 15.1. The van der Waals surface area contributed by atoms with Crippen molar-refractivity contribution in [2.45, 2.75) is 30.8 Å². The first-order valence-corrected chi connectivity index (χ1v) is 11.2. The minimum atomic E-state index is -3.77. The highest BCUT2D eigenvalue weighted by Crippen LogP contribution is 2.29. The Morgan fingerprint density at radius 3 is 2.44 bits per heavy atom. The minimum absolute atomic E-state index is 0.0273. The number of hydrogen-bond acceptors (Lipinski definition) is 5. The molecule has 0 aliphatic rings. The van der Waals surface area contributed by atoms with E-state index in [2.05, 4.69) is 10.1 Å². The van der Waals surface area contributed by atoms with Gasteiger partial charge in [0.15, 0.2) is 11.5 Å².